The standard InChI is InChI=1S/C24H40O5S/c1-3-4-5-6-7-8-10-16-24(2)17-15-21-20-22(13-14-23(21)29-24)28-18-11-9-12-19-30(25,26)27/h13-14,20H,3-12,15-19H2,1-2H3,(H,25,26,27). The number of aryl methyl sites for hydroxylation is 1. The molecule has 2 rings (SSSR count). The second-order valence-electron chi connectivity index (χ2n) is 8.89. The van der Waals surface area contributed by atoms with E-state index in [0.29, 0.717) is 19.4 Å². The average Bonchev–Trinajstić information content (AvgIpc) is 2.69. The molecule has 1 aliphatic heterocycles. The van der Waals surface area contributed by atoms with Gasteiger partial charge in [-0.25, -0.2) is 0 Å². The van der Waals surface area contributed by atoms with Crippen LogP contribution in [0.15, 0.2) is 18.2 Å². The highest BCUT2D eigenvalue weighted by Gasteiger charge is 2.31. The second kappa shape index (κ2) is 12.6. The van der Waals surface area contributed by atoms with E-state index in [9.17, 15) is 8.42 Å². The zero-order chi connectivity index (χ0) is 21.9. The molecule has 172 valence electrons. The van der Waals surface area contributed by atoms with Crippen molar-refractivity contribution in [3.63, 3.8) is 0 Å². The van der Waals surface area contributed by atoms with Crippen molar-refractivity contribution >= 4 is 10.1 Å². The predicted octanol–water partition coefficient (Wildman–Crippen LogP) is 6.35. The van der Waals surface area contributed by atoms with Crippen LogP contribution in [-0.4, -0.2) is 30.9 Å². The van der Waals surface area contributed by atoms with Crippen molar-refractivity contribution in [3.8, 4) is 11.5 Å². The van der Waals surface area contributed by atoms with Gasteiger partial charge in [0, 0.05) is 0 Å². The molecule has 0 fully saturated rings. The summed E-state index contributed by atoms with van der Waals surface area (Å²) in [5.41, 5.74) is 1.14. The van der Waals surface area contributed by atoms with Gasteiger partial charge in [0.05, 0.1) is 12.4 Å². The van der Waals surface area contributed by atoms with E-state index in [1.165, 1.54) is 50.5 Å². The Hall–Kier alpha value is -1.27. The van der Waals surface area contributed by atoms with Gasteiger partial charge >= 0.3 is 0 Å². The Morgan fingerprint density at radius 3 is 2.47 bits per heavy atom. The van der Waals surface area contributed by atoms with E-state index < -0.39 is 10.1 Å². The Morgan fingerprint density at radius 1 is 1.03 bits per heavy atom. The maximum absolute atomic E-state index is 10.7. The van der Waals surface area contributed by atoms with Crippen LogP contribution in [0.4, 0.5) is 0 Å². The van der Waals surface area contributed by atoms with Gasteiger partial charge in [0.2, 0.25) is 0 Å². The number of hydrogen-bond acceptors (Lipinski definition) is 4. The Bertz CT molecular complexity index is 731. The maximum Gasteiger partial charge on any atom is 0.264 e. The lowest BCUT2D eigenvalue weighted by atomic mass is 9.88. The number of hydrogen-bond donors (Lipinski definition) is 1. The highest BCUT2D eigenvalue weighted by molar-refractivity contribution is 7.85. The van der Waals surface area contributed by atoms with E-state index in [-0.39, 0.29) is 11.4 Å². The summed E-state index contributed by atoms with van der Waals surface area (Å²) >= 11 is 0. The molecule has 1 unspecified atom stereocenters. The van der Waals surface area contributed by atoms with Crippen molar-refractivity contribution in [2.75, 3.05) is 12.4 Å². The van der Waals surface area contributed by atoms with Gasteiger partial charge in [0.15, 0.2) is 0 Å². The Kier molecular flexibility index (Phi) is 10.5. The van der Waals surface area contributed by atoms with Crippen molar-refractivity contribution in [2.24, 2.45) is 0 Å². The van der Waals surface area contributed by atoms with Crippen molar-refractivity contribution in [2.45, 2.75) is 103 Å². The van der Waals surface area contributed by atoms with Crippen molar-refractivity contribution in [1.82, 2.24) is 0 Å². The number of unbranched alkanes of at least 4 members (excludes halogenated alkanes) is 8. The third kappa shape index (κ3) is 9.69. The largest absolute Gasteiger partial charge is 0.494 e. The van der Waals surface area contributed by atoms with E-state index in [0.717, 1.165) is 37.2 Å². The molecule has 1 atom stereocenters. The molecule has 0 bridgehead atoms. The van der Waals surface area contributed by atoms with Gasteiger partial charge < -0.3 is 9.47 Å². The summed E-state index contributed by atoms with van der Waals surface area (Å²) < 4.78 is 42.3. The van der Waals surface area contributed by atoms with Gasteiger partial charge in [-0.3, -0.25) is 4.55 Å². The quantitative estimate of drug-likeness (QED) is 0.254. The van der Waals surface area contributed by atoms with Crippen molar-refractivity contribution < 1.29 is 22.4 Å². The smallest absolute Gasteiger partial charge is 0.264 e. The highest BCUT2D eigenvalue weighted by atomic mass is 32.2. The minimum atomic E-state index is -3.85. The summed E-state index contributed by atoms with van der Waals surface area (Å²) in [4.78, 5) is 0. The average molecular weight is 441 g/mol. The summed E-state index contributed by atoms with van der Waals surface area (Å²) in [6.45, 7) is 5.04. The van der Waals surface area contributed by atoms with Gasteiger partial charge in [-0.1, -0.05) is 45.4 Å². The molecule has 5 nitrogen and oxygen atoms in total. The van der Waals surface area contributed by atoms with Gasteiger partial charge in [-0.05, 0) is 75.6 Å². The molecule has 0 saturated heterocycles. The minimum Gasteiger partial charge on any atom is -0.494 e. The molecule has 6 heteroatoms. The fourth-order valence-electron chi connectivity index (χ4n) is 4.04. The summed E-state index contributed by atoms with van der Waals surface area (Å²) in [5.74, 6) is 1.64. The van der Waals surface area contributed by atoms with Crippen LogP contribution in [0.2, 0.25) is 0 Å². The molecule has 0 spiro atoms. The van der Waals surface area contributed by atoms with Crippen LogP contribution < -0.4 is 9.47 Å². The molecule has 30 heavy (non-hydrogen) atoms. The molecule has 0 saturated carbocycles. The Balaban J connectivity index is 1.69. The van der Waals surface area contributed by atoms with Gasteiger partial charge in [0.25, 0.3) is 10.1 Å². The normalized spacial score (nSPS) is 18.6. The first-order valence-corrected chi connectivity index (χ1v) is 13.3. The lowest BCUT2D eigenvalue weighted by Gasteiger charge is -2.36. The predicted molar refractivity (Wildman–Crippen MR) is 122 cm³/mol. The number of ether oxygens (including phenoxy) is 2. The van der Waals surface area contributed by atoms with Crippen LogP contribution in [-0.2, 0) is 16.5 Å². The van der Waals surface area contributed by atoms with Crippen LogP contribution in [0.3, 0.4) is 0 Å². The Labute approximate surface area is 183 Å². The Morgan fingerprint density at radius 2 is 1.73 bits per heavy atom. The summed E-state index contributed by atoms with van der Waals surface area (Å²) in [7, 11) is -3.85. The van der Waals surface area contributed by atoms with Crippen LogP contribution in [0, 0.1) is 0 Å². The van der Waals surface area contributed by atoms with Crippen LogP contribution in [0.1, 0.15) is 96.5 Å². The third-order valence-electron chi connectivity index (χ3n) is 5.94. The molecule has 1 aromatic carbocycles. The molecule has 1 N–H and O–H groups in total. The van der Waals surface area contributed by atoms with E-state index >= 15 is 0 Å². The van der Waals surface area contributed by atoms with E-state index in [4.69, 9.17) is 14.0 Å². The summed E-state index contributed by atoms with van der Waals surface area (Å²) in [6, 6.07) is 6.04. The zero-order valence-corrected chi connectivity index (χ0v) is 19.6. The molecule has 0 radical (unpaired) electrons. The third-order valence-corrected chi connectivity index (χ3v) is 6.74. The molecule has 1 heterocycles. The first kappa shape index (κ1) is 25.0. The zero-order valence-electron chi connectivity index (χ0n) is 18.8. The molecular weight excluding hydrogens is 400 g/mol. The first-order valence-electron chi connectivity index (χ1n) is 11.7. The monoisotopic (exact) mass is 440 g/mol. The maximum atomic E-state index is 10.7. The number of rotatable bonds is 15. The molecule has 1 aliphatic rings. The van der Waals surface area contributed by atoms with Gasteiger partial charge in [0.1, 0.15) is 17.1 Å². The van der Waals surface area contributed by atoms with Crippen LogP contribution in [0.5, 0.6) is 11.5 Å². The van der Waals surface area contributed by atoms with E-state index in [1.807, 2.05) is 12.1 Å². The van der Waals surface area contributed by atoms with Gasteiger partial charge in [-0.2, -0.15) is 8.42 Å². The van der Waals surface area contributed by atoms with E-state index in [2.05, 4.69) is 19.9 Å². The lowest BCUT2D eigenvalue weighted by molar-refractivity contribution is 0.0533. The van der Waals surface area contributed by atoms with Crippen molar-refractivity contribution in [3.05, 3.63) is 23.8 Å². The molecule has 0 amide bonds. The van der Waals surface area contributed by atoms with Crippen LogP contribution >= 0.6 is 0 Å². The van der Waals surface area contributed by atoms with Crippen LogP contribution in [0.25, 0.3) is 0 Å². The number of benzene rings is 1. The topological polar surface area (TPSA) is 72.8 Å². The molecular formula is C24H40O5S. The highest BCUT2D eigenvalue weighted by Crippen LogP contribution is 2.37. The molecule has 0 aliphatic carbocycles. The first-order chi connectivity index (χ1) is 14.3. The van der Waals surface area contributed by atoms with E-state index in [1.54, 1.807) is 0 Å². The fraction of sp³-hybridized carbons (Fsp3) is 0.750. The fourth-order valence-corrected chi connectivity index (χ4v) is 4.61. The summed E-state index contributed by atoms with van der Waals surface area (Å²) in [6.07, 6.45) is 14.3. The molecule has 0 aromatic heterocycles. The van der Waals surface area contributed by atoms with Gasteiger partial charge in [-0.15, -0.1) is 0 Å². The number of fused-ring (bicyclic) bond motifs is 1. The second-order valence-corrected chi connectivity index (χ2v) is 10.5. The SMILES string of the molecule is CCCCCCCCCC1(C)CCc2cc(OCCCCCS(=O)(=O)O)ccc2O1. The summed E-state index contributed by atoms with van der Waals surface area (Å²) in [5, 5.41) is 0. The molecule has 1 aromatic rings. The van der Waals surface area contributed by atoms with Crippen molar-refractivity contribution in [1.29, 1.82) is 0 Å². The minimum absolute atomic E-state index is 0.0637. The lowest BCUT2D eigenvalue weighted by Crippen LogP contribution is -2.36.